The Morgan fingerprint density at radius 2 is 1.64 bits per heavy atom. The Morgan fingerprint density at radius 3 is 1.64 bits per heavy atom. The van der Waals surface area contributed by atoms with Crippen molar-refractivity contribution in [1.82, 2.24) is 0 Å². The summed E-state index contributed by atoms with van der Waals surface area (Å²) in [5, 5.41) is 7.52. The minimum absolute atomic E-state index is 0. The molecule has 4 N–H and O–H groups in total. The maximum atomic E-state index is 11.5. The topological polar surface area (TPSA) is 110 Å². The van der Waals surface area contributed by atoms with Gasteiger partial charge in [-0.15, -0.1) is 0 Å². The van der Waals surface area contributed by atoms with E-state index in [1.54, 1.807) is 0 Å². The van der Waals surface area contributed by atoms with Gasteiger partial charge in [0.05, 0.1) is 0 Å². The van der Waals surface area contributed by atoms with Crippen LogP contribution < -0.4 is 0 Å². The standard InChI is InChI=1S/C3H3F2NO3.H2O.Y/c4-3(5,1(6)7)2(8)9;;/h(H3,6,7,8,9);1H2;/p-1. The first kappa shape index (κ1) is 17.1. The molecule has 0 aliphatic heterocycles. The zero-order valence-electron chi connectivity index (χ0n) is 5.10. The van der Waals surface area contributed by atoms with Gasteiger partial charge in [-0.05, 0) is 0 Å². The van der Waals surface area contributed by atoms with Gasteiger partial charge in [0, 0.05) is 32.7 Å². The fourth-order valence-electron chi connectivity index (χ4n) is 0.0971. The second kappa shape index (κ2) is 5.51. The molecular weight excluding hydrogens is 241 g/mol. The van der Waals surface area contributed by atoms with Gasteiger partial charge < -0.3 is 21.1 Å². The molecular formula is C3H4F2NO4Y-. The molecule has 0 aromatic carbocycles. The number of halogens is 2. The summed E-state index contributed by atoms with van der Waals surface area (Å²) in [6.45, 7) is 0. The third-order valence-corrected chi connectivity index (χ3v) is 0.554. The second-order valence-electron chi connectivity index (χ2n) is 1.21. The number of carbonyl (C=O) groups is 2. The first-order valence-electron chi connectivity index (χ1n) is 1.76. The zero-order valence-corrected chi connectivity index (χ0v) is 7.94. The van der Waals surface area contributed by atoms with Crippen LogP contribution in [0.15, 0.2) is 0 Å². The van der Waals surface area contributed by atoms with Crippen molar-refractivity contribution in [2.24, 2.45) is 0 Å². The van der Waals surface area contributed by atoms with Crippen LogP contribution >= 0.6 is 0 Å². The summed E-state index contributed by atoms with van der Waals surface area (Å²) in [6, 6.07) is 0. The molecule has 0 aromatic heterocycles. The summed E-state index contributed by atoms with van der Waals surface area (Å²) in [5.74, 6) is -9.56. The number of carbonyl (C=O) groups excluding carboxylic acids is 1. The van der Waals surface area contributed by atoms with Crippen LogP contribution in [0.3, 0.4) is 0 Å². The Kier molecular flexibility index (Phi) is 8.56. The predicted octanol–water partition coefficient (Wildman–Crippen LogP) is -0.542. The van der Waals surface area contributed by atoms with Crippen molar-refractivity contribution in [2.45, 2.75) is 5.92 Å². The molecule has 0 aliphatic rings. The zero-order chi connectivity index (χ0) is 7.65. The second-order valence-corrected chi connectivity index (χ2v) is 1.21. The Labute approximate surface area is 85.1 Å². The molecule has 0 saturated heterocycles. The largest absolute Gasteiger partial charge is 0.662 e. The van der Waals surface area contributed by atoms with Gasteiger partial charge >= 0.3 is 11.9 Å². The van der Waals surface area contributed by atoms with Gasteiger partial charge in [-0.1, -0.05) is 0 Å². The summed E-state index contributed by atoms with van der Waals surface area (Å²) in [6.07, 6.45) is 0. The van der Waals surface area contributed by atoms with E-state index in [9.17, 15) is 18.4 Å². The number of amides is 1. The van der Waals surface area contributed by atoms with Crippen LogP contribution in [0, 0.1) is 0 Å². The molecule has 0 fully saturated rings. The number of nitrogens with one attached hydrogen (secondary N) is 1. The van der Waals surface area contributed by atoms with Crippen molar-refractivity contribution in [1.29, 1.82) is 0 Å². The fraction of sp³-hybridized carbons (Fsp3) is 0.333. The average molecular weight is 245 g/mol. The Bertz CT molecular complexity index is 145. The molecule has 0 atom stereocenters. The van der Waals surface area contributed by atoms with Gasteiger partial charge in [0.25, 0.3) is 0 Å². The molecule has 5 nitrogen and oxygen atoms in total. The number of aliphatic carboxylic acids is 1. The van der Waals surface area contributed by atoms with Crippen molar-refractivity contribution in [2.75, 3.05) is 0 Å². The van der Waals surface area contributed by atoms with Gasteiger partial charge in [-0.2, -0.15) is 8.78 Å². The molecule has 8 heteroatoms. The van der Waals surface area contributed by atoms with E-state index in [1.165, 1.54) is 0 Å². The number of carboxylic acid groups (broad SMARTS) is 1. The predicted molar refractivity (Wildman–Crippen MR) is 25.5 cm³/mol. The van der Waals surface area contributed by atoms with Crippen LogP contribution in [0.25, 0.3) is 5.73 Å². The van der Waals surface area contributed by atoms with Crippen LogP contribution in [-0.4, -0.2) is 28.4 Å². The van der Waals surface area contributed by atoms with Crippen LogP contribution in [0.4, 0.5) is 8.78 Å². The first-order chi connectivity index (χ1) is 3.89. The molecule has 11 heavy (non-hydrogen) atoms. The number of rotatable bonds is 2. The molecule has 0 spiro atoms. The maximum absolute atomic E-state index is 11.5. The molecule has 0 bridgehead atoms. The van der Waals surface area contributed by atoms with E-state index in [4.69, 9.17) is 10.8 Å². The number of hydrogen-bond acceptors (Lipinski definition) is 2. The Morgan fingerprint density at radius 1 is 1.36 bits per heavy atom. The van der Waals surface area contributed by atoms with E-state index in [-0.39, 0.29) is 38.2 Å². The summed E-state index contributed by atoms with van der Waals surface area (Å²) in [5.41, 5.74) is 5.74. The normalized spacial score (nSPS) is 8.91. The third-order valence-electron chi connectivity index (χ3n) is 0.554. The maximum Gasteiger partial charge on any atom is 0.383 e. The smallest absolute Gasteiger partial charge is 0.383 e. The van der Waals surface area contributed by atoms with Crippen LogP contribution in [-0.2, 0) is 42.3 Å². The monoisotopic (exact) mass is 245 g/mol. The van der Waals surface area contributed by atoms with E-state index < -0.39 is 17.8 Å². The van der Waals surface area contributed by atoms with E-state index >= 15 is 0 Å². The van der Waals surface area contributed by atoms with Crippen LogP contribution in [0.5, 0.6) is 0 Å². The molecule has 0 rings (SSSR count). The Balaban J connectivity index is -0.000000320. The van der Waals surface area contributed by atoms with Crippen molar-refractivity contribution in [3.05, 3.63) is 5.73 Å². The van der Waals surface area contributed by atoms with E-state index in [0.29, 0.717) is 0 Å². The number of hydrogen-bond donors (Lipinski definition) is 1. The van der Waals surface area contributed by atoms with E-state index in [1.807, 2.05) is 0 Å². The van der Waals surface area contributed by atoms with Crippen molar-refractivity contribution >= 4 is 11.9 Å². The molecule has 1 radical (unpaired) electrons. The average Bonchev–Trinajstić information content (AvgIpc) is 1.65. The summed E-state index contributed by atoms with van der Waals surface area (Å²) >= 11 is 0. The number of alkyl halides is 2. The molecule has 0 aromatic rings. The van der Waals surface area contributed by atoms with E-state index in [0.717, 1.165) is 0 Å². The minimum Gasteiger partial charge on any atom is -0.662 e. The first-order valence-corrected chi connectivity index (χ1v) is 1.76. The molecule has 0 saturated carbocycles. The van der Waals surface area contributed by atoms with Crippen molar-refractivity contribution in [3.8, 4) is 0 Å². The Hall–Kier alpha value is -0.136. The number of carboxylic acids is 1. The summed E-state index contributed by atoms with van der Waals surface area (Å²) < 4.78 is 23.1. The van der Waals surface area contributed by atoms with Gasteiger partial charge in [0.2, 0.25) is 0 Å². The molecule has 63 valence electrons. The van der Waals surface area contributed by atoms with Crippen LogP contribution in [0.1, 0.15) is 0 Å². The molecule has 1 amide bonds. The SMILES string of the molecule is O.[NH-]C(=O)C(F)(F)C(=O)O.[Y]. The molecule has 0 heterocycles. The fourth-order valence-corrected chi connectivity index (χ4v) is 0.0971. The van der Waals surface area contributed by atoms with Crippen molar-refractivity contribution in [3.63, 3.8) is 0 Å². The van der Waals surface area contributed by atoms with Gasteiger partial charge in [-0.25, -0.2) is 4.79 Å². The van der Waals surface area contributed by atoms with Gasteiger partial charge in [0.1, 0.15) is 5.91 Å². The molecule has 0 unspecified atom stereocenters. The summed E-state index contributed by atoms with van der Waals surface area (Å²) in [7, 11) is 0. The minimum atomic E-state index is -4.56. The quantitative estimate of drug-likeness (QED) is 0.659. The van der Waals surface area contributed by atoms with Gasteiger partial charge in [-0.3, -0.25) is 0 Å². The molecule has 0 aliphatic carbocycles. The summed E-state index contributed by atoms with van der Waals surface area (Å²) in [4.78, 5) is 18.8. The van der Waals surface area contributed by atoms with E-state index in [2.05, 4.69) is 0 Å². The van der Waals surface area contributed by atoms with Crippen molar-refractivity contribution < 1.29 is 61.7 Å². The third kappa shape index (κ3) is 4.33. The van der Waals surface area contributed by atoms with Crippen LogP contribution in [0.2, 0.25) is 0 Å². The van der Waals surface area contributed by atoms with Gasteiger partial charge in [0.15, 0.2) is 0 Å².